The van der Waals surface area contributed by atoms with Crippen LogP contribution in [-0.4, -0.2) is 64.5 Å². The molecule has 0 bridgehead atoms. The van der Waals surface area contributed by atoms with Gasteiger partial charge in [-0.1, -0.05) is 13.8 Å². The molecular formula is C27H29F3N8O3. The van der Waals surface area contributed by atoms with Crippen LogP contribution in [0.1, 0.15) is 19.4 Å². The Bertz CT molecular complexity index is 1430. The molecule has 14 heteroatoms. The molecule has 41 heavy (non-hydrogen) atoms. The predicted molar refractivity (Wildman–Crippen MR) is 147 cm³/mol. The van der Waals surface area contributed by atoms with Gasteiger partial charge in [0.25, 0.3) is 0 Å². The lowest BCUT2D eigenvalue weighted by Crippen LogP contribution is -2.25. The summed E-state index contributed by atoms with van der Waals surface area (Å²) in [5, 5.41) is 8.76. The maximum absolute atomic E-state index is 12.8. The van der Waals surface area contributed by atoms with Crippen molar-refractivity contribution in [2.45, 2.75) is 26.6 Å². The first-order chi connectivity index (χ1) is 19.8. The molecule has 0 saturated heterocycles. The number of hydrogen-bond acceptors (Lipinski definition) is 9. The summed E-state index contributed by atoms with van der Waals surface area (Å²) in [6.45, 7) is 3.82. The number of alkyl halides is 3. The lowest BCUT2D eigenvalue weighted by Gasteiger charge is -2.26. The lowest BCUT2D eigenvalue weighted by molar-refractivity contribution is -0.115. The van der Waals surface area contributed by atoms with Gasteiger partial charge < -0.3 is 19.7 Å². The number of amides is 1. The Hall–Kier alpha value is -4.88. The summed E-state index contributed by atoms with van der Waals surface area (Å²) >= 11 is 0. The van der Waals surface area contributed by atoms with Crippen molar-refractivity contribution < 1.29 is 27.4 Å². The Morgan fingerprint density at radius 2 is 1.73 bits per heavy atom. The number of fused-ring (bicyclic) bond motifs is 1. The number of halogens is 3. The molecular weight excluding hydrogens is 541 g/mol. The summed E-state index contributed by atoms with van der Waals surface area (Å²) in [6, 6.07) is 12.3. The summed E-state index contributed by atoms with van der Waals surface area (Å²) in [5.74, 6) is 1.65. The third-order valence-corrected chi connectivity index (χ3v) is 5.83. The third kappa shape index (κ3) is 7.21. The number of rotatable bonds is 9. The lowest BCUT2D eigenvalue weighted by atomic mass is 10.1. The van der Waals surface area contributed by atoms with Crippen molar-refractivity contribution in [1.82, 2.24) is 25.1 Å². The number of nitrogens with one attached hydrogen (secondary N) is 2. The van der Waals surface area contributed by atoms with Gasteiger partial charge in [-0.25, -0.2) is 9.97 Å². The Morgan fingerprint density at radius 3 is 2.39 bits per heavy atom. The second-order valence-corrected chi connectivity index (χ2v) is 8.55. The van der Waals surface area contributed by atoms with Crippen LogP contribution in [-0.2, 0) is 11.3 Å². The molecule has 0 unspecified atom stereocenters. The highest BCUT2D eigenvalue weighted by Gasteiger charge is 2.28. The largest absolute Gasteiger partial charge is 0.486 e. The molecule has 216 valence electrons. The van der Waals surface area contributed by atoms with Crippen LogP contribution in [0.25, 0.3) is 11.4 Å². The second kappa shape index (κ2) is 13.0. The van der Waals surface area contributed by atoms with Gasteiger partial charge in [0, 0.05) is 42.7 Å². The van der Waals surface area contributed by atoms with Gasteiger partial charge in [-0.3, -0.25) is 14.8 Å². The second-order valence-electron chi connectivity index (χ2n) is 8.55. The minimum atomic E-state index is -4.47. The average Bonchev–Trinajstić information content (AvgIpc) is 3.53. The van der Waals surface area contributed by atoms with Crippen LogP contribution in [0.3, 0.4) is 0 Å². The molecule has 0 aliphatic carbocycles. The zero-order valence-electron chi connectivity index (χ0n) is 22.6. The molecule has 2 aromatic carbocycles. The molecule has 2 aromatic heterocycles. The van der Waals surface area contributed by atoms with E-state index in [0.29, 0.717) is 48.2 Å². The van der Waals surface area contributed by atoms with Crippen molar-refractivity contribution >= 4 is 29.6 Å². The molecule has 4 aromatic rings. The zero-order valence-corrected chi connectivity index (χ0v) is 22.6. The summed E-state index contributed by atoms with van der Waals surface area (Å²) in [4.78, 5) is 27.9. The molecule has 1 aliphatic rings. The molecule has 1 amide bonds. The van der Waals surface area contributed by atoms with E-state index in [-0.39, 0.29) is 18.3 Å². The van der Waals surface area contributed by atoms with Gasteiger partial charge in [0.05, 0.1) is 5.69 Å². The maximum atomic E-state index is 12.8. The smallest absolute Gasteiger partial charge is 0.405 e. The predicted octanol–water partition coefficient (Wildman–Crippen LogP) is 4.96. The summed E-state index contributed by atoms with van der Waals surface area (Å²) < 4.78 is 49.7. The van der Waals surface area contributed by atoms with Crippen LogP contribution >= 0.6 is 0 Å². The Balaban J connectivity index is 0.00000189. The van der Waals surface area contributed by atoms with E-state index in [2.05, 4.69) is 30.5 Å². The van der Waals surface area contributed by atoms with Gasteiger partial charge in [-0.05, 0) is 36.4 Å². The van der Waals surface area contributed by atoms with Gasteiger partial charge >= 0.3 is 6.18 Å². The van der Waals surface area contributed by atoms with Crippen molar-refractivity contribution in [2.75, 3.05) is 41.9 Å². The molecule has 0 radical (unpaired) electrons. The fraction of sp³-hybridized carbons (Fsp3) is 0.296. The summed E-state index contributed by atoms with van der Waals surface area (Å²) in [6.07, 6.45) is -1.15. The molecule has 0 atom stereocenters. The molecule has 1 aliphatic heterocycles. The van der Waals surface area contributed by atoms with E-state index in [4.69, 9.17) is 9.47 Å². The highest BCUT2D eigenvalue weighted by molar-refractivity contribution is 5.87. The van der Waals surface area contributed by atoms with Crippen LogP contribution in [0, 0.1) is 0 Å². The van der Waals surface area contributed by atoms with E-state index in [0.717, 1.165) is 11.3 Å². The topological polar surface area (TPSA) is 121 Å². The van der Waals surface area contributed by atoms with Crippen LogP contribution in [0.2, 0.25) is 0 Å². The standard InChI is InChI=1S/C25H23F3N8O3.C2H6/c1-35(19-6-7-20-21(10-19)39-9-8-38-20)12-17-11-29-24(30-13-25(26,27)28)33-23(17)36(15-37)18-4-2-16(3-5-18)22-31-14-32-34-22;1-2/h2-7,10-11,14-15H,8-9,12-13H2,1H3,(H,29,30,33)(H,31,32,34);1-2H3. The molecule has 5 rings (SSSR count). The first-order valence-electron chi connectivity index (χ1n) is 12.8. The number of anilines is 4. The van der Waals surface area contributed by atoms with E-state index in [1.54, 1.807) is 30.3 Å². The fourth-order valence-corrected chi connectivity index (χ4v) is 3.96. The normalized spacial score (nSPS) is 12.1. The molecule has 0 spiro atoms. The first-order valence-corrected chi connectivity index (χ1v) is 12.8. The first kappa shape index (κ1) is 29.1. The SMILES string of the molecule is CC.CN(Cc1cnc(NCC(F)(F)F)nc1N(C=O)c1ccc(-c2ncn[nH]2)cc1)c1ccc2c(c1)OCCO2. The van der Waals surface area contributed by atoms with E-state index < -0.39 is 12.7 Å². The quantitative estimate of drug-likeness (QED) is 0.269. The Kier molecular flexibility index (Phi) is 9.22. The molecule has 3 heterocycles. The fourth-order valence-electron chi connectivity index (χ4n) is 3.96. The van der Waals surface area contributed by atoms with E-state index in [1.807, 2.05) is 37.9 Å². The number of aromatic nitrogens is 5. The van der Waals surface area contributed by atoms with Crippen LogP contribution < -0.4 is 24.6 Å². The van der Waals surface area contributed by atoms with Gasteiger partial charge in [-0.15, -0.1) is 0 Å². The van der Waals surface area contributed by atoms with Crippen molar-refractivity contribution in [2.24, 2.45) is 0 Å². The molecule has 0 fully saturated rings. The van der Waals surface area contributed by atoms with E-state index >= 15 is 0 Å². The monoisotopic (exact) mass is 570 g/mol. The molecule has 0 saturated carbocycles. The van der Waals surface area contributed by atoms with Gasteiger partial charge in [0.15, 0.2) is 17.3 Å². The minimum absolute atomic E-state index is 0.126. The van der Waals surface area contributed by atoms with Crippen molar-refractivity contribution in [1.29, 1.82) is 0 Å². The Morgan fingerprint density at radius 1 is 1.02 bits per heavy atom. The number of ether oxygens (including phenoxy) is 2. The average molecular weight is 571 g/mol. The highest BCUT2D eigenvalue weighted by atomic mass is 19.4. The van der Waals surface area contributed by atoms with Crippen LogP contribution in [0.15, 0.2) is 55.0 Å². The number of benzene rings is 2. The van der Waals surface area contributed by atoms with Gasteiger partial charge in [0.1, 0.15) is 31.9 Å². The van der Waals surface area contributed by atoms with Crippen LogP contribution in [0.5, 0.6) is 11.5 Å². The summed E-state index contributed by atoms with van der Waals surface area (Å²) in [5.41, 5.74) is 2.46. The van der Waals surface area contributed by atoms with E-state index in [1.165, 1.54) is 17.4 Å². The number of carbonyl (C=O) groups is 1. The number of H-pyrrole nitrogens is 1. The van der Waals surface area contributed by atoms with Gasteiger partial charge in [-0.2, -0.15) is 23.3 Å². The number of hydrogen-bond donors (Lipinski definition) is 2. The van der Waals surface area contributed by atoms with Crippen molar-refractivity contribution in [3.63, 3.8) is 0 Å². The molecule has 11 nitrogen and oxygen atoms in total. The Labute approximate surface area is 234 Å². The van der Waals surface area contributed by atoms with Crippen LogP contribution in [0.4, 0.5) is 36.3 Å². The third-order valence-electron chi connectivity index (χ3n) is 5.83. The zero-order chi connectivity index (χ0) is 29.4. The van der Waals surface area contributed by atoms with Gasteiger partial charge in [0.2, 0.25) is 12.4 Å². The number of carbonyl (C=O) groups excluding carboxylic acids is 1. The number of nitrogens with zero attached hydrogens (tertiary/aromatic N) is 6. The number of aromatic amines is 1. The minimum Gasteiger partial charge on any atom is -0.486 e. The molecule has 2 N–H and O–H groups in total. The maximum Gasteiger partial charge on any atom is 0.405 e. The van der Waals surface area contributed by atoms with Crippen molar-refractivity contribution in [3.05, 3.63) is 60.6 Å². The van der Waals surface area contributed by atoms with E-state index in [9.17, 15) is 18.0 Å². The highest BCUT2D eigenvalue weighted by Crippen LogP contribution is 2.35. The van der Waals surface area contributed by atoms with Crippen molar-refractivity contribution in [3.8, 4) is 22.9 Å². The summed E-state index contributed by atoms with van der Waals surface area (Å²) in [7, 11) is 1.82.